The van der Waals surface area contributed by atoms with E-state index in [0.717, 1.165) is 19.1 Å². The molecule has 2 fully saturated rings. The highest BCUT2D eigenvalue weighted by molar-refractivity contribution is 9.09. The Morgan fingerprint density at radius 1 is 1.24 bits per heavy atom. The Morgan fingerprint density at radius 2 is 1.88 bits per heavy atom. The molecule has 0 aromatic carbocycles. The first-order valence-electron chi connectivity index (χ1n) is 7.06. The van der Waals surface area contributed by atoms with Gasteiger partial charge in [-0.25, -0.2) is 0 Å². The largest absolute Gasteiger partial charge is 0.381 e. The maximum Gasteiger partial charge on any atom is 0.0469 e. The molecule has 17 heavy (non-hydrogen) atoms. The lowest BCUT2D eigenvalue weighted by Crippen LogP contribution is -2.38. The van der Waals surface area contributed by atoms with Crippen LogP contribution in [0.5, 0.6) is 0 Å². The number of hydrogen-bond donors (Lipinski definition) is 0. The maximum atomic E-state index is 5.43. The lowest BCUT2D eigenvalue weighted by molar-refractivity contribution is 0.0510. The van der Waals surface area contributed by atoms with Gasteiger partial charge in [-0.15, -0.1) is 0 Å². The Balaban J connectivity index is 1.77. The number of alkyl halides is 1. The molecule has 3 heteroatoms. The van der Waals surface area contributed by atoms with Gasteiger partial charge in [-0.05, 0) is 44.1 Å². The predicted octanol–water partition coefficient (Wildman–Crippen LogP) is 3.30. The summed E-state index contributed by atoms with van der Waals surface area (Å²) in [6.45, 7) is 4.48. The molecule has 2 aliphatic rings. The van der Waals surface area contributed by atoms with E-state index in [0.29, 0.717) is 5.41 Å². The van der Waals surface area contributed by atoms with Crippen molar-refractivity contribution in [1.82, 2.24) is 4.90 Å². The van der Waals surface area contributed by atoms with Crippen molar-refractivity contribution in [3.8, 4) is 0 Å². The van der Waals surface area contributed by atoms with Crippen LogP contribution in [0.25, 0.3) is 0 Å². The van der Waals surface area contributed by atoms with Gasteiger partial charge in [0.1, 0.15) is 0 Å². The first-order chi connectivity index (χ1) is 8.24. The smallest absolute Gasteiger partial charge is 0.0469 e. The van der Waals surface area contributed by atoms with E-state index in [9.17, 15) is 0 Å². The van der Waals surface area contributed by atoms with Gasteiger partial charge in [-0.2, -0.15) is 0 Å². The van der Waals surface area contributed by atoms with Crippen molar-refractivity contribution in [2.75, 3.05) is 38.7 Å². The fourth-order valence-corrected chi connectivity index (χ4v) is 4.20. The molecule has 0 amide bonds. The third kappa shape index (κ3) is 3.93. The zero-order valence-electron chi connectivity index (χ0n) is 11.1. The summed E-state index contributed by atoms with van der Waals surface area (Å²) in [6.07, 6.45) is 8.19. The predicted molar refractivity (Wildman–Crippen MR) is 75.7 cm³/mol. The highest BCUT2D eigenvalue weighted by Gasteiger charge is 2.34. The average molecular weight is 304 g/mol. The molecule has 0 radical (unpaired) electrons. The van der Waals surface area contributed by atoms with Gasteiger partial charge in [0.05, 0.1) is 0 Å². The summed E-state index contributed by atoms with van der Waals surface area (Å²) in [6, 6.07) is 0. The molecule has 1 heterocycles. The van der Waals surface area contributed by atoms with E-state index in [-0.39, 0.29) is 0 Å². The van der Waals surface area contributed by atoms with Crippen LogP contribution in [-0.4, -0.2) is 43.6 Å². The van der Waals surface area contributed by atoms with Crippen LogP contribution >= 0.6 is 15.9 Å². The molecule has 0 atom stereocenters. The van der Waals surface area contributed by atoms with Crippen molar-refractivity contribution in [3.05, 3.63) is 0 Å². The van der Waals surface area contributed by atoms with Gasteiger partial charge in [-0.3, -0.25) is 0 Å². The van der Waals surface area contributed by atoms with E-state index in [1.165, 1.54) is 56.9 Å². The Morgan fingerprint density at radius 3 is 2.47 bits per heavy atom. The molecule has 2 nitrogen and oxygen atoms in total. The number of halogens is 1. The molecule has 0 bridgehead atoms. The van der Waals surface area contributed by atoms with Gasteiger partial charge in [-0.1, -0.05) is 28.8 Å². The van der Waals surface area contributed by atoms with Crippen molar-refractivity contribution in [2.45, 2.75) is 38.5 Å². The Labute approximate surface area is 114 Å². The molecule has 0 spiro atoms. The Kier molecular flexibility index (Phi) is 5.31. The number of hydrogen-bond acceptors (Lipinski definition) is 2. The summed E-state index contributed by atoms with van der Waals surface area (Å²) in [5.41, 5.74) is 0.569. The second-order valence-electron chi connectivity index (χ2n) is 6.09. The number of rotatable bonds is 5. The topological polar surface area (TPSA) is 12.5 Å². The zero-order valence-corrected chi connectivity index (χ0v) is 12.7. The summed E-state index contributed by atoms with van der Waals surface area (Å²) in [7, 11) is 2.30. The van der Waals surface area contributed by atoms with Crippen molar-refractivity contribution < 1.29 is 4.74 Å². The Hall–Kier alpha value is 0.400. The molecule has 0 N–H and O–H groups in total. The van der Waals surface area contributed by atoms with Crippen molar-refractivity contribution in [2.24, 2.45) is 11.3 Å². The van der Waals surface area contributed by atoms with Gasteiger partial charge < -0.3 is 9.64 Å². The van der Waals surface area contributed by atoms with Gasteiger partial charge >= 0.3 is 0 Å². The van der Waals surface area contributed by atoms with E-state index in [4.69, 9.17) is 4.74 Å². The quantitative estimate of drug-likeness (QED) is 0.723. The molecule has 0 aromatic heterocycles. The van der Waals surface area contributed by atoms with Gasteiger partial charge in [0.2, 0.25) is 0 Å². The third-order valence-corrected chi connectivity index (χ3v) is 5.65. The fraction of sp³-hybridized carbons (Fsp3) is 1.00. The van der Waals surface area contributed by atoms with Gasteiger partial charge in [0, 0.05) is 31.6 Å². The van der Waals surface area contributed by atoms with Gasteiger partial charge in [0.15, 0.2) is 0 Å². The molecular formula is C14H26BrNO. The minimum atomic E-state index is 0.569. The summed E-state index contributed by atoms with van der Waals surface area (Å²) in [4.78, 5) is 2.57. The monoisotopic (exact) mass is 303 g/mol. The molecule has 0 aromatic rings. The van der Waals surface area contributed by atoms with E-state index in [1.807, 2.05) is 0 Å². The second-order valence-corrected chi connectivity index (χ2v) is 6.65. The van der Waals surface area contributed by atoms with E-state index < -0.39 is 0 Å². The molecule has 1 aliphatic carbocycles. The number of ether oxygens (including phenoxy) is 1. The SMILES string of the molecule is CN(CC1CCOCC1)CC1(CBr)CCCC1. The molecule has 100 valence electrons. The zero-order chi connectivity index (χ0) is 12.1. The van der Waals surface area contributed by atoms with E-state index in [2.05, 4.69) is 27.9 Å². The highest BCUT2D eigenvalue weighted by atomic mass is 79.9. The maximum absolute atomic E-state index is 5.43. The molecule has 1 saturated carbocycles. The summed E-state index contributed by atoms with van der Waals surface area (Å²) < 4.78 is 5.43. The van der Waals surface area contributed by atoms with Gasteiger partial charge in [0.25, 0.3) is 0 Å². The summed E-state index contributed by atoms with van der Waals surface area (Å²) >= 11 is 3.74. The first kappa shape index (κ1) is 13.8. The molecule has 2 rings (SSSR count). The van der Waals surface area contributed by atoms with Crippen molar-refractivity contribution >= 4 is 15.9 Å². The van der Waals surface area contributed by atoms with E-state index >= 15 is 0 Å². The minimum absolute atomic E-state index is 0.569. The highest BCUT2D eigenvalue weighted by Crippen LogP contribution is 2.40. The van der Waals surface area contributed by atoms with Crippen LogP contribution in [-0.2, 0) is 4.74 Å². The lowest BCUT2D eigenvalue weighted by Gasteiger charge is -2.34. The molecule has 1 aliphatic heterocycles. The fourth-order valence-electron chi connectivity index (χ4n) is 3.47. The summed E-state index contributed by atoms with van der Waals surface area (Å²) in [5.74, 6) is 0.863. The van der Waals surface area contributed by atoms with Crippen LogP contribution in [0.15, 0.2) is 0 Å². The Bertz CT molecular complexity index is 222. The van der Waals surface area contributed by atoms with Crippen LogP contribution in [0.2, 0.25) is 0 Å². The average Bonchev–Trinajstić information content (AvgIpc) is 2.79. The normalized spacial score (nSPS) is 25.6. The minimum Gasteiger partial charge on any atom is -0.381 e. The van der Waals surface area contributed by atoms with Crippen LogP contribution < -0.4 is 0 Å². The summed E-state index contributed by atoms with van der Waals surface area (Å²) in [5, 5.41) is 1.18. The van der Waals surface area contributed by atoms with Crippen LogP contribution in [0, 0.1) is 11.3 Å². The standard InChI is InChI=1S/C14H26BrNO/c1-16(10-13-4-8-17-9-5-13)12-14(11-15)6-2-3-7-14/h13H,2-12H2,1H3. The van der Waals surface area contributed by atoms with Crippen LogP contribution in [0.1, 0.15) is 38.5 Å². The first-order valence-corrected chi connectivity index (χ1v) is 8.18. The molecule has 1 saturated heterocycles. The third-order valence-electron chi connectivity index (χ3n) is 4.46. The molecule has 0 unspecified atom stereocenters. The molecular weight excluding hydrogens is 278 g/mol. The lowest BCUT2D eigenvalue weighted by atomic mass is 9.87. The second kappa shape index (κ2) is 6.53. The van der Waals surface area contributed by atoms with Crippen LogP contribution in [0.4, 0.5) is 0 Å². The van der Waals surface area contributed by atoms with Crippen molar-refractivity contribution in [1.29, 1.82) is 0 Å². The van der Waals surface area contributed by atoms with Crippen LogP contribution in [0.3, 0.4) is 0 Å². The van der Waals surface area contributed by atoms with Crippen molar-refractivity contribution in [3.63, 3.8) is 0 Å². The van der Waals surface area contributed by atoms with E-state index in [1.54, 1.807) is 0 Å². The number of nitrogens with zero attached hydrogens (tertiary/aromatic N) is 1.